The van der Waals surface area contributed by atoms with E-state index in [0.717, 1.165) is 24.4 Å². The van der Waals surface area contributed by atoms with Crippen molar-refractivity contribution in [1.82, 2.24) is 4.98 Å². The molecule has 2 N–H and O–H groups in total. The zero-order valence-electron chi connectivity index (χ0n) is 12.0. The first-order chi connectivity index (χ1) is 10.8. The van der Waals surface area contributed by atoms with Crippen LogP contribution < -0.4 is 10.9 Å². The molecule has 7 heteroatoms. The number of H-pyrrole nitrogens is 1. The number of aromatic amines is 1. The number of hydrogen-bond acceptors (Lipinski definition) is 2. The van der Waals surface area contributed by atoms with Crippen molar-refractivity contribution < 1.29 is 17.6 Å². The van der Waals surface area contributed by atoms with Crippen LogP contribution in [0.4, 0.5) is 28.9 Å². The van der Waals surface area contributed by atoms with Gasteiger partial charge in [-0.1, -0.05) is 12.2 Å². The number of fused-ring (bicyclic) bond motifs is 2. The second-order valence-electron chi connectivity index (χ2n) is 5.22. The number of pyridine rings is 1. The number of anilines is 2. The third-order valence-corrected chi connectivity index (χ3v) is 3.92. The van der Waals surface area contributed by atoms with Crippen LogP contribution in [0.3, 0.4) is 0 Å². The molecule has 0 aliphatic carbocycles. The zero-order chi connectivity index (χ0) is 16.8. The molecule has 3 nitrogen and oxygen atoms in total. The molecule has 1 unspecified atom stereocenters. The van der Waals surface area contributed by atoms with E-state index >= 15 is 0 Å². The summed E-state index contributed by atoms with van der Waals surface area (Å²) >= 11 is 0. The average Bonchev–Trinajstić information content (AvgIpc) is 2.47. The fraction of sp³-hybridized carbons (Fsp3) is 0.188. The van der Waals surface area contributed by atoms with E-state index in [9.17, 15) is 22.4 Å². The molecule has 0 amide bonds. The van der Waals surface area contributed by atoms with Crippen molar-refractivity contribution in [3.05, 3.63) is 69.9 Å². The Hall–Kier alpha value is -2.57. The maximum absolute atomic E-state index is 14.1. The lowest BCUT2D eigenvalue weighted by Crippen LogP contribution is -2.45. The Morgan fingerprint density at radius 3 is 2.57 bits per heavy atom. The summed E-state index contributed by atoms with van der Waals surface area (Å²) in [7, 11) is 0. The quantitative estimate of drug-likeness (QED) is 0.615. The highest BCUT2D eigenvalue weighted by Gasteiger charge is 2.59. The Balaban J connectivity index is 2.49. The van der Waals surface area contributed by atoms with Crippen LogP contribution in [0.5, 0.6) is 0 Å². The van der Waals surface area contributed by atoms with Crippen LogP contribution in [-0.2, 0) is 5.41 Å². The van der Waals surface area contributed by atoms with Crippen LogP contribution >= 0.6 is 0 Å². The van der Waals surface area contributed by atoms with E-state index in [1.54, 1.807) is 0 Å². The Labute approximate surface area is 128 Å². The van der Waals surface area contributed by atoms with Gasteiger partial charge in [-0.2, -0.15) is 13.2 Å². The van der Waals surface area contributed by atoms with Crippen LogP contribution in [0, 0.1) is 5.82 Å². The van der Waals surface area contributed by atoms with Gasteiger partial charge in [-0.3, -0.25) is 4.79 Å². The molecule has 0 saturated carbocycles. The van der Waals surface area contributed by atoms with Crippen molar-refractivity contribution in [3.8, 4) is 0 Å². The summed E-state index contributed by atoms with van der Waals surface area (Å²) in [6, 6.07) is 4.28. The van der Waals surface area contributed by atoms with Gasteiger partial charge < -0.3 is 10.3 Å². The molecule has 0 spiro atoms. The summed E-state index contributed by atoms with van der Waals surface area (Å²) in [5.74, 6) is -0.781. The fourth-order valence-electron chi connectivity index (χ4n) is 2.99. The molecule has 1 aromatic heterocycles. The fourth-order valence-corrected chi connectivity index (χ4v) is 2.99. The molecule has 0 radical (unpaired) electrons. The van der Waals surface area contributed by atoms with E-state index in [1.165, 1.54) is 25.1 Å². The van der Waals surface area contributed by atoms with Crippen molar-refractivity contribution in [2.75, 3.05) is 5.32 Å². The van der Waals surface area contributed by atoms with Gasteiger partial charge in [0.15, 0.2) is 0 Å². The number of alkyl halides is 3. The third kappa shape index (κ3) is 2.07. The number of nitrogens with one attached hydrogen (secondary N) is 2. The number of halogens is 4. The van der Waals surface area contributed by atoms with Crippen LogP contribution in [0.25, 0.3) is 0 Å². The first-order valence-electron chi connectivity index (χ1n) is 6.81. The van der Waals surface area contributed by atoms with Crippen LogP contribution in [-0.4, -0.2) is 11.2 Å². The van der Waals surface area contributed by atoms with Crippen molar-refractivity contribution in [2.45, 2.75) is 18.5 Å². The number of allylic oxidation sites excluding steroid dienone is 2. The van der Waals surface area contributed by atoms with Gasteiger partial charge in [-0.15, -0.1) is 0 Å². The van der Waals surface area contributed by atoms with Crippen molar-refractivity contribution in [1.29, 1.82) is 0 Å². The van der Waals surface area contributed by atoms with Crippen molar-refractivity contribution >= 4 is 11.4 Å². The third-order valence-electron chi connectivity index (χ3n) is 3.92. The van der Waals surface area contributed by atoms with E-state index < -0.39 is 23.0 Å². The highest BCUT2D eigenvalue weighted by molar-refractivity contribution is 5.77. The summed E-state index contributed by atoms with van der Waals surface area (Å²) in [6.45, 7) is 1.45. The summed E-state index contributed by atoms with van der Waals surface area (Å²) in [5, 5.41) is 2.68. The summed E-state index contributed by atoms with van der Waals surface area (Å²) in [6.07, 6.45) is -1.41. The molecule has 1 aliphatic rings. The van der Waals surface area contributed by atoms with Gasteiger partial charge in [0.1, 0.15) is 16.9 Å². The molecule has 3 rings (SSSR count). The largest absolute Gasteiger partial charge is 0.405 e. The molecule has 23 heavy (non-hydrogen) atoms. The standard InChI is InChI=1S/C16H12F4N2O/c1-2-6-15(16(18,19)20)10-5-7-21-14(23)13(10)22-12-4-3-9(17)8-11(12)15/h2-8,22H,1H3,(H,21,23). The minimum Gasteiger partial charge on any atom is -0.350 e. The zero-order valence-corrected chi connectivity index (χ0v) is 12.0. The SMILES string of the molecule is CC=CC1(C(F)(F)F)c2cc(F)ccc2Nc2c1cc[nH]c2=O. The number of rotatable bonds is 1. The van der Waals surface area contributed by atoms with Gasteiger partial charge in [0.25, 0.3) is 5.56 Å². The average molecular weight is 324 g/mol. The Morgan fingerprint density at radius 2 is 1.91 bits per heavy atom. The summed E-state index contributed by atoms with van der Waals surface area (Å²) in [4.78, 5) is 14.3. The number of hydrogen-bond donors (Lipinski definition) is 2. The van der Waals surface area contributed by atoms with Crippen LogP contribution in [0.15, 0.2) is 47.4 Å². The monoisotopic (exact) mass is 324 g/mol. The topological polar surface area (TPSA) is 44.9 Å². The smallest absolute Gasteiger partial charge is 0.350 e. The maximum Gasteiger partial charge on any atom is 0.405 e. The van der Waals surface area contributed by atoms with Gasteiger partial charge >= 0.3 is 6.18 Å². The second kappa shape index (κ2) is 4.97. The van der Waals surface area contributed by atoms with Gasteiger partial charge in [0.2, 0.25) is 0 Å². The molecule has 2 aromatic rings. The molecule has 1 atom stereocenters. The summed E-state index contributed by atoms with van der Waals surface area (Å²) in [5.41, 5.74) is -3.94. The maximum atomic E-state index is 14.1. The van der Waals surface area contributed by atoms with Gasteiger partial charge in [-0.25, -0.2) is 4.39 Å². The lowest BCUT2D eigenvalue weighted by molar-refractivity contribution is -0.164. The molecular formula is C16H12F4N2O. The highest BCUT2D eigenvalue weighted by Crippen LogP contribution is 2.54. The van der Waals surface area contributed by atoms with Gasteiger partial charge in [-0.05, 0) is 31.2 Å². The predicted octanol–water partition coefficient (Wildman–Crippen LogP) is 4.00. The van der Waals surface area contributed by atoms with Gasteiger partial charge in [0.05, 0.1) is 0 Å². The van der Waals surface area contributed by atoms with E-state index in [-0.39, 0.29) is 22.5 Å². The number of aromatic nitrogens is 1. The van der Waals surface area contributed by atoms with Crippen molar-refractivity contribution in [3.63, 3.8) is 0 Å². The minimum absolute atomic E-state index is 0.0472. The van der Waals surface area contributed by atoms with Gasteiger partial charge in [0, 0.05) is 23.0 Å². The van der Waals surface area contributed by atoms with E-state index in [0.29, 0.717) is 0 Å². The number of benzene rings is 1. The Morgan fingerprint density at radius 1 is 1.17 bits per heavy atom. The molecular weight excluding hydrogens is 312 g/mol. The molecule has 120 valence electrons. The van der Waals surface area contributed by atoms with E-state index in [2.05, 4.69) is 10.3 Å². The van der Waals surface area contributed by atoms with E-state index in [1.807, 2.05) is 0 Å². The predicted molar refractivity (Wildman–Crippen MR) is 78.4 cm³/mol. The lowest BCUT2D eigenvalue weighted by Gasteiger charge is -2.39. The molecule has 2 heterocycles. The summed E-state index contributed by atoms with van der Waals surface area (Å²) < 4.78 is 55.9. The van der Waals surface area contributed by atoms with Crippen molar-refractivity contribution in [2.24, 2.45) is 0 Å². The molecule has 0 fully saturated rings. The van der Waals surface area contributed by atoms with Crippen LogP contribution in [0.1, 0.15) is 18.1 Å². The van der Waals surface area contributed by atoms with Crippen LogP contribution in [0.2, 0.25) is 0 Å². The Bertz CT molecular complexity index is 854. The highest BCUT2D eigenvalue weighted by atomic mass is 19.4. The molecule has 0 bridgehead atoms. The molecule has 0 saturated heterocycles. The Kier molecular flexibility index (Phi) is 3.31. The van der Waals surface area contributed by atoms with E-state index in [4.69, 9.17) is 0 Å². The second-order valence-corrected chi connectivity index (χ2v) is 5.22. The lowest BCUT2D eigenvalue weighted by atomic mass is 9.70. The molecule has 1 aliphatic heterocycles. The first kappa shape index (κ1) is 15.3. The minimum atomic E-state index is -4.76. The normalized spacial score (nSPS) is 20.0. The first-order valence-corrected chi connectivity index (χ1v) is 6.81. The molecule has 1 aromatic carbocycles.